The van der Waals surface area contributed by atoms with E-state index >= 15 is 0 Å². The molecule has 96 valence electrons. The van der Waals surface area contributed by atoms with Gasteiger partial charge in [-0.25, -0.2) is 4.39 Å². The fraction of sp³-hybridized carbons (Fsp3) is 0.583. The van der Waals surface area contributed by atoms with E-state index in [4.69, 9.17) is 0 Å². The Morgan fingerprint density at radius 3 is 2.65 bits per heavy atom. The van der Waals surface area contributed by atoms with Crippen molar-refractivity contribution in [3.63, 3.8) is 0 Å². The van der Waals surface area contributed by atoms with Crippen LogP contribution >= 0.6 is 0 Å². The second-order valence-corrected chi connectivity index (χ2v) is 6.83. The summed E-state index contributed by atoms with van der Waals surface area (Å²) >= 11 is -1.23. The number of hydrogen-bond donors (Lipinski definition) is 1. The van der Waals surface area contributed by atoms with Gasteiger partial charge in [0.2, 0.25) is 0 Å². The third-order valence-electron chi connectivity index (χ3n) is 2.33. The van der Waals surface area contributed by atoms with E-state index in [2.05, 4.69) is 9.71 Å². The minimum Gasteiger partial charge on any atom is -0.598 e. The van der Waals surface area contributed by atoms with Gasteiger partial charge >= 0.3 is 0 Å². The standard InChI is InChI=1S/C12H19FN2OS/c1-5-10(15-17(16)12(2,3)4)11-9(13)7-6-8-14-11/h6-8,10,15H,5H2,1-4H3/t10-,17?/m0/s1. The minimum absolute atomic E-state index is 0.323. The number of rotatable bonds is 4. The monoisotopic (exact) mass is 258 g/mol. The Bertz CT molecular complexity index is 368. The first kappa shape index (κ1) is 14.4. The van der Waals surface area contributed by atoms with Gasteiger partial charge in [-0.2, -0.15) is 0 Å². The number of halogens is 1. The summed E-state index contributed by atoms with van der Waals surface area (Å²) in [5, 5.41) is 0. The van der Waals surface area contributed by atoms with Crippen LogP contribution in [0.25, 0.3) is 0 Å². The Labute approximate surface area is 105 Å². The number of hydrogen-bond acceptors (Lipinski definition) is 3. The molecule has 0 aliphatic rings. The summed E-state index contributed by atoms with van der Waals surface area (Å²) in [6, 6.07) is 2.59. The van der Waals surface area contributed by atoms with Gasteiger partial charge in [-0.1, -0.05) is 6.92 Å². The van der Waals surface area contributed by atoms with E-state index in [1.54, 1.807) is 12.3 Å². The molecule has 0 aromatic carbocycles. The van der Waals surface area contributed by atoms with Gasteiger partial charge in [0.05, 0.1) is 11.7 Å². The molecule has 1 N–H and O–H groups in total. The molecule has 0 saturated heterocycles. The van der Waals surface area contributed by atoms with Gasteiger partial charge in [0.1, 0.15) is 10.6 Å². The minimum atomic E-state index is -1.23. The lowest BCUT2D eigenvalue weighted by molar-refractivity contribution is 0.497. The van der Waals surface area contributed by atoms with Gasteiger partial charge in [-0.15, -0.1) is 4.72 Å². The number of pyridine rings is 1. The van der Waals surface area contributed by atoms with Crippen molar-refractivity contribution in [2.75, 3.05) is 0 Å². The lowest BCUT2D eigenvalue weighted by Gasteiger charge is -2.27. The van der Waals surface area contributed by atoms with Crippen LogP contribution in [0.5, 0.6) is 0 Å². The molecule has 2 atom stereocenters. The molecular weight excluding hydrogens is 239 g/mol. The maximum Gasteiger partial charge on any atom is 0.146 e. The molecule has 1 heterocycles. The zero-order chi connectivity index (χ0) is 13.1. The molecule has 3 nitrogen and oxygen atoms in total. The van der Waals surface area contributed by atoms with E-state index in [0.29, 0.717) is 12.1 Å². The maximum atomic E-state index is 13.6. The first-order valence-corrected chi connectivity index (χ1v) is 6.79. The molecule has 0 bridgehead atoms. The van der Waals surface area contributed by atoms with Gasteiger partial charge in [0.25, 0.3) is 0 Å². The van der Waals surface area contributed by atoms with Crippen molar-refractivity contribution in [2.45, 2.75) is 44.9 Å². The van der Waals surface area contributed by atoms with Crippen LogP contribution in [0.1, 0.15) is 45.9 Å². The molecule has 0 spiro atoms. The van der Waals surface area contributed by atoms with Crippen molar-refractivity contribution in [1.82, 2.24) is 9.71 Å². The summed E-state index contributed by atoms with van der Waals surface area (Å²) in [4.78, 5) is 4.01. The molecule has 0 radical (unpaired) electrons. The van der Waals surface area contributed by atoms with Gasteiger partial charge in [0.15, 0.2) is 0 Å². The normalized spacial score (nSPS) is 15.6. The van der Waals surface area contributed by atoms with Crippen molar-refractivity contribution in [2.24, 2.45) is 0 Å². The molecular formula is C12H19FN2OS. The van der Waals surface area contributed by atoms with Crippen LogP contribution < -0.4 is 4.72 Å². The highest BCUT2D eigenvalue weighted by Crippen LogP contribution is 2.22. The molecule has 0 saturated carbocycles. The maximum absolute atomic E-state index is 13.6. The smallest absolute Gasteiger partial charge is 0.146 e. The lowest BCUT2D eigenvalue weighted by atomic mass is 10.1. The predicted molar refractivity (Wildman–Crippen MR) is 68.3 cm³/mol. The van der Waals surface area contributed by atoms with E-state index in [1.807, 2.05) is 27.7 Å². The van der Waals surface area contributed by atoms with Crippen LogP contribution in [0.3, 0.4) is 0 Å². The summed E-state index contributed by atoms with van der Waals surface area (Å²) in [7, 11) is 0. The van der Waals surface area contributed by atoms with E-state index < -0.39 is 11.4 Å². The van der Waals surface area contributed by atoms with Crippen LogP contribution in [0, 0.1) is 5.82 Å². The molecule has 0 fully saturated rings. The Hall–Kier alpha value is -0.650. The average Bonchev–Trinajstić information content (AvgIpc) is 2.25. The van der Waals surface area contributed by atoms with Gasteiger partial charge in [0, 0.05) is 17.6 Å². The fourth-order valence-electron chi connectivity index (χ4n) is 1.29. The Morgan fingerprint density at radius 2 is 2.18 bits per heavy atom. The molecule has 0 aliphatic heterocycles. The quantitative estimate of drug-likeness (QED) is 0.845. The van der Waals surface area contributed by atoms with Crippen LogP contribution in [0.15, 0.2) is 18.3 Å². The molecule has 1 aromatic heterocycles. The number of aromatic nitrogens is 1. The van der Waals surface area contributed by atoms with Gasteiger partial charge in [-0.3, -0.25) is 4.98 Å². The fourth-order valence-corrected chi connectivity index (χ4v) is 2.18. The second-order valence-electron chi connectivity index (χ2n) is 4.83. The third kappa shape index (κ3) is 3.94. The highest BCUT2D eigenvalue weighted by molar-refractivity contribution is 7.90. The second kappa shape index (κ2) is 5.80. The molecule has 1 rings (SSSR count). The molecule has 1 aromatic rings. The van der Waals surface area contributed by atoms with Crippen LogP contribution in [0.2, 0.25) is 0 Å². The molecule has 1 unspecified atom stereocenters. The van der Waals surface area contributed by atoms with E-state index in [9.17, 15) is 8.94 Å². The van der Waals surface area contributed by atoms with Crippen LogP contribution in [-0.2, 0) is 11.4 Å². The molecule has 17 heavy (non-hydrogen) atoms. The van der Waals surface area contributed by atoms with Crippen LogP contribution in [-0.4, -0.2) is 14.3 Å². The van der Waals surface area contributed by atoms with Crippen molar-refractivity contribution >= 4 is 11.4 Å². The Balaban J connectivity index is 2.83. The Kier molecular flexibility index (Phi) is 4.91. The molecule has 5 heteroatoms. The third-order valence-corrected chi connectivity index (χ3v) is 3.94. The lowest BCUT2D eigenvalue weighted by Crippen LogP contribution is -2.41. The van der Waals surface area contributed by atoms with Crippen molar-refractivity contribution < 1.29 is 8.94 Å². The van der Waals surface area contributed by atoms with E-state index in [1.165, 1.54) is 6.07 Å². The summed E-state index contributed by atoms with van der Waals surface area (Å²) in [5.74, 6) is -0.363. The Morgan fingerprint density at radius 1 is 1.53 bits per heavy atom. The number of nitrogens with zero attached hydrogens (tertiary/aromatic N) is 1. The molecule has 0 aliphatic carbocycles. The largest absolute Gasteiger partial charge is 0.598 e. The SMILES string of the molecule is CC[C@H](N[S+]([O-])C(C)(C)C)c1ncccc1F. The topological polar surface area (TPSA) is 48.0 Å². The van der Waals surface area contributed by atoms with Crippen molar-refractivity contribution in [3.05, 3.63) is 29.8 Å². The van der Waals surface area contributed by atoms with E-state index in [-0.39, 0.29) is 16.6 Å². The van der Waals surface area contributed by atoms with Crippen molar-refractivity contribution in [1.29, 1.82) is 0 Å². The highest BCUT2D eigenvalue weighted by Gasteiger charge is 2.30. The van der Waals surface area contributed by atoms with E-state index in [0.717, 1.165) is 0 Å². The summed E-state index contributed by atoms with van der Waals surface area (Å²) in [5.41, 5.74) is 0.326. The van der Waals surface area contributed by atoms with Gasteiger partial charge in [-0.05, 0) is 39.3 Å². The zero-order valence-electron chi connectivity index (χ0n) is 10.7. The van der Waals surface area contributed by atoms with Crippen LogP contribution in [0.4, 0.5) is 4.39 Å². The summed E-state index contributed by atoms with van der Waals surface area (Å²) in [6.45, 7) is 7.53. The summed E-state index contributed by atoms with van der Waals surface area (Å²) < 4.78 is 28.1. The summed E-state index contributed by atoms with van der Waals surface area (Å²) in [6.07, 6.45) is 2.18. The first-order chi connectivity index (χ1) is 7.86. The highest BCUT2D eigenvalue weighted by atomic mass is 32.2. The molecule has 0 amide bonds. The van der Waals surface area contributed by atoms with Gasteiger partial charge < -0.3 is 4.55 Å². The first-order valence-electron chi connectivity index (χ1n) is 5.64. The zero-order valence-corrected chi connectivity index (χ0v) is 11.5. The van der Waals surface area contributed by atoms with Crippen molar-refractivity contribution in [3.8, 4) is 0 Å². The average molecular weight is 258 g/mol. The predicted octanol–water partition coefficient (Wildman–Crippen LogP) is 2.72. The number of nitrogens with one attached hydrogen (secondary N) is 1.